The van der Waals surface area contributed by atoms with Crippen molar-refractivity contribution in [2.75, 3.05) is 31.9 Å². The number of thioether (sulfide) groups is 1. The zero-order valence-corrected chi connectivity index (χ0v) is 12.5. The highest BCUT2D eigenvalue weighted by Gasteiger charge is 2.42. The molecule has 2 saturated heterocycles. The van der Waals surface area contributed by atoms with E-state index in [1.807, 2.05) is 11.8 Å². The third-order valence-electron chi connectivity index (χ3n) is 4.63. The van der Waals surface area contributed by atoms with E-state index in [9.17, 15) is 0 Å². The van der Waals surface area contributed by atoms with Crippen LogP contribution < -0.4 is 5.32 Å². The number of hydrogen-bond acceptors (Lipinski definition) is 3. The van der Waals surface area contributed by atoms with Gasteiger partial charge in [-0.2, -0.15) is 0 Å². The maximum absolute atomic E-state index is 3.56. The largest absolute Gasteiger partial charge is 0.316 e. The standard InChI is InChI=1S/C16H24N2S/c1-2-16-15-11-17-10-13(15)12-18(16)8-9-19-14-6-4-3-5-7-14/h3-7,13,15-17H,2,8-12H2,1H3. The number of likely N-dealkylation sites (tertiary alicyclic amines) is 1. The third kappa shape index (κ3) is 2.99. The Hall–Kier alpha value is -0.510. The Balaban J connectivity index is 1.50. The highest BCUT2D eigenvalue weighted by Crippen LogP contribution is 2.34. The first-order chi connectivity index (χ1) is 9.38. The fourth-order valence-corrected chi connectivity index (χ4v) is 4.64. The van der Waals surface area contributed by atoms with Crippen LogP contribution in [0.5, 0.6) is 0 Å². The Morgan fingerprint density at radius 2 is 2.11 bits per heavy atom. The van der Waals surface area contributed by atoms with E-state index >= 15 is 0 Å². The van der Waals surface area contributed by atoms with Crippen LogP contribution in [0.4, 0.5) is 0 Å². The van der Waals surface area contributed by atoms with Gasteiger partial charge in [-0.1, -0.05) is 25.1 Å². The summed E-state index contributed by atoms with van der Waals surface area (Å²) in [7, 11) is 0. The van der Waals surface area contributed by atoms with Gasteiger partial charge in [0.1, 0.15) is 0 Å². The van der Waals surface area contributed by atoms with Gasteiger partial charge in [-0.25, -0.2) is 0 Å². The molecule has 0 radical (unpaired) electrons. The summed E-state index contributed by atoms with van der Waals surface area (Å²) in [4.78, 5) is 4.14. The molecule has 3 rings (SSSR count). The molecule has 2 fully saturated rings. The van der Waals surface area contributed by atoms with Gasteiger partial charge in [0.15, 0.2) is 0 Å². The van der Waals surface area contributed by atoms with E-state index in [4.69, 9.17) is 0 Å². The van der Waals surface area contributed by atoms with Gasteiger partial charge < -0.3 is 5.32 Å². The molecule has 0 aromatic heterocycles. The van der Waals surface area contributed by atoms with Gasteiger partial charge >= 0.3 is 0 Å². The van der Waals surface area contributed by atoms with E-state index in [2.05, 4.69) is 47.5 Å². The summed E-state index contributed by atoms with van der Waals surface area (Å²) in [5.41, 5.74) is 0. The SMILES string of the molecule is CCC1C2CNCC2CN1CCSc1ccccc1. The molecule has 3 heteroatoms. The van der Waals surface area contributed by atoms with E-state index in [1.54, 1.807) is 0 Å². The number of benzene rings is 1. The fraction of sp³-hybridized carbons (Fsp3) is 0.625. The van der Waals surface area contributed by atoms with Crippen LogP contribution in [0.1, 0.15) is 13.3 Å². The first kappa shape index (κ1) is 13.5. The van der Waals surface area contributed by atoms with Crippen LogP contribution in [0.25, 0.3) is 0 Å². The van der Waals surface area contributed by atoms with Crippen LogP contribution in [0.2, 0.25) is 0 Å². The molecule has 3 unspecified atom stereocenters. The molecule has 2 aliphatic heterocycles. The Labute approximate surface area is 121 Å². The minimum Gasteiger partial charge on any atom is -0.316 e. The summed E-state index contributed by atoms with van der Waals surface area (Å²) in [6, 6.07) is 11.6. The predicted octanol–water partition coefficient (Wildman–Crippen LogP) is 2.71. The number of nitrogens with one attached hydrogen (secondary N) is 1. The Bertz CT molecular complexity index is 395. The van der Waals surface area contributed by atoms with Crippen molar-refractivity contribution in [3.05, 3.63) is 30.3 Å². The molecule has 0 spiro atoms. The van der Waals surface area contributed by atoms with E-state index in [0.717, 1.165) is 17.9 Å². The van der Waals surface area contributed by atoms with Crippen molar-refractivity contribution in [1.82, 2.24) is 10.2 Å². The summed E-state index contributed by atoms with van der Waals surface area (Å²) in [6.07, 6.45) is 1.30. The van der Waals surface area contributed by atoms with E-state index in [0.29, 0.717) is 0 Å². The molecule has 1 aromatic carbocycles. The zero-order chi connectivity index (χ0) is 13.1. The van der Waals surface area contributed by atoms with Gasteiger partial charge in [-0.05, 0) is 43.5 Å². The topological polar surface area (TPSA) is 15.3 Å². The van der Waals surface area contributed by atoms with Crippen molar-refractivity contribution in [3.63, 3.8) is 0 Å². The smallest absolute Gasteiger partial charge is 0.0137 e. The summed E-state index contributed by atoms with van der Waals surface area (Å²) >= 11 is 1.99. The maximum Gasteiger partial charge on any atom is 0.0137 e. The minimum absolute atomic E-state index is 0.816. The molecule has 0 amide bonds. The molecule has 104 valence electrons. The molecule has 1 aromatic rings. The van der Waals surface area contributed by atoms with Gasteiger partial charge in [-0.3, -0.25) is 4.90 Å². The second-order valence-electron chi connectivity index (χ2n) is 5.71. The molecular formula is C16H24N2S. The third-order valence-corrected chi connectivity index (χ3v) is 5.63. The van der Waals surface area contributed by atoms with Crippen molar-refractivity contribution in [3.8, 4) is 0 Å². The lowest BCUT2D eigenvalue weighted by atomic mass is 9.93. The second-order valence-corrected chi connectivity index (χ2v) is 6.88. The van der Waals surface area contributed by atoms with Crippen LogP contribution in [0.15, 0.2) is 35.2 Å². The van der Waals surface area contributed by atoms with Gasteiger partial charge in [0.25, 0.3) is 0 Å². The molecular weight excluding hydrogens is 252 g/mol. The molecule has 0 bridgehead atoms. The van der Waals surface area contributed by atoms with Gasteiger partial charge in [0, 0.05) is 29.8 Å². The number of rotatable bonds is 5. The van der Waals surface area contributed by atoms with Crippen LogP contribution >= 0.6 is 11.8 Å². The fourth-order valence-electron chi connectivity index (χ4n) is 3.73. The van der Waals surface area contributed by atoms with Crippen LogP contribution in [0, 0.1) is 11.8 Å². The monoisotopic (exact) mass is 276 g/mol. The Kier molecular flexibility index (Phi) is 4.46. The first-order valence-electron chi connectivity index (χ1n) is 7.51. The van der Waals surface area contributed by atoms with Crippen molar-refractivity contribution in [2.24, 2.45) is 11.8 Å². The van der Waals surface area contributed by atoms with Crippen LogP contribution in [-0.4, -0.2) is 42.9 Å². The number of fused-ring (bicyclic) bond motifs is 1. The average molecular weight is 276 g/mol. The quantitative estimate of drug-likeness (QED) is 0.833. The Morgan fingerprint density at radius 1 is 1.26 bits per heavy atom. The lowest BCUT2D eigenvalue weighted by Gasteiger charge is -2.26. The summed E-state index contributed by atoms with van der Waals surface area (Å²) in [6.45, 7) is 7.38. The molecule has 2 heterocycles. The molecule has 0 aliphatic carbocycles. The van der Waals surface area contributed by atoms with Gasteiger partial charge in [0.05, 0.1) is 0 Å². The molecule has 3 atom stereocenters. The second kappa shape index (κ2) is 6.29. The molecule has 1 N–H and O–H groups in total. The van der Waals surface area contributed by atoms with Crippen LogP contribution in [0.3, 0.4) is 0 Å². The molecule has 2 nitrogen and oxygen atoms in total. The van der Waals surface area contributed by atoms with Gasteiger partial charge in [0.2, 0.25) is 0 Å². The van der Waals surface area contributed by atoms with E-state index < -0.39 is 0 Å². The molecule has 19 heavy (non-hydrogen) atoms. The van der Waals surface area contributed by atoms with Crippen molar-refractivity contribution in [1.29, 1.82) is 0 Å². The lowest BCUT2D eigenvalue weighted by molar-refractivity contribution is 0.231. The average Bonchev–Trinajstić information content (AvgIpc) is 3.00. The summed E-state index contributed by atoms with van der Waals surface area (Å²) in [5, 5.41) is 3.56. The van der Waals surface area contributed by atoms with Gasteiger partial charge in [-0.15, -0.1) is 11.8 Å². The minimum atomic E-state index is 0.816. The summed E-state index contributed by atoms with van der Waals surface area (Å²) in [5.74, 6) is 3.03. The number of nitrogens with zero attached hydrogens (tertiary/aromatic N) is 1. The lowest BCUT2D eigenvalue weighted by Crippen LogP contribution is -2.36. The van der Waals surface area contributed by atoms with E-state index in [1.165, 1.54) is 43.2 Å². The predicted molar refractivity (Wildman–Crippen MR) is 82.7 cm³/mol. The summed E-state index contributed by atoms with van der Waals surface area (Å²) < 4.78 is 0. The molecule has 0 saturated carbocycles. The highest BCUT2D eigenvalue weighted by molar-refractivity contribution is 7.99. The highest BCUT2D eigenvalue weighted by atomic mass is 32.2. The molecule has 2 aliphatic rings. The maximum atomic E-state index is 3.56. The first-order valence-corrected chi connectivity index (χ1v) is 8.49. The van der Waals surface area contributed by atoms with Crippen molar-refractivity contribution in [2.45, 2.75) is 24.3 Å². The zero-order valence-electron chi connectivity index (χ0n) is 11.7. The Morgan fingerprint density at radius 3 is 2.89 bits per heavy atom. The van der Waals surface area contributed by atoms with Crippen LogP contribution in [-0.2, 0) is 0 Å². The van der Waals surface area contributed by atoms with Crippen molar-refractivity contribution < 1.29 is 0 Å². The van der Waals surface area contributed by atoms with Crippen molar-refractivity contribution >= 4 is 11.8 Å². The number of hydrogen-bond donors (Lipinski definition) is 1. The van der Waals surface area contributed by atoms with E-state index in [-0.39, 0.29) is 0 Å². The normalized spacial score (nSPS) is 30.7.